The topological polar surface area (TPSA) is 178 Å². The number of aromatic amines is 1. The first-order valence-electron chi connectivity index (χ1n) is 16.8. The number of fused-ring (bicyclic) bond motifs is 1. The molecule has 15 heteroatoms. The van der Waals surface area contributed by atoms with E-state index >= 15 is 0 Å². The molecule has 0 spiro atoms. The second-order valence-electron chi connectivity index (χ2n) is 12.5. The van der Waals surface area contributed by atoms with Gasteiger partial charge in [0.25, 0.3) is 10.0 Å². The minimum Gasteiger partial charge on any atom is -0.341 e. The predicted octanol–water partition coefficient (Wildman–Crippen LogP) is 5.48. The molecule has 0 aliphatic carbocycles. The molecule has 2 fully saturated rings. The van der Waals surface area contributed by atoms with E-state index in [1.54, 1.807) is 48.7 Å². The lowest BCUT2D eigenvalue weighted by atomic mass is 10.1. The molecule has 4 N–H and O–H groups in total. The molecule has 2 aromatic heterocycles. The van der Waals surface area contributed by atoms with Gasteiger partial charge in [0.2, 0.25) is 23.8 Å². The van der Waals surface area contributed by atoms with Crippen molar-refractivity contribution < 1.29 is 18.0 Å². The third-order valence-corrected chi connectivity index (χ3v) is 10.2. The number of hydrogen-bond acceptors (Lipinski definition) is 11. The van der Waals surface area contributed by atoms with Crippen LogP contribution in [0.3, 0.4) is 0 Å². The highest BCUT2D eigenvalue weighted by Gasteiger charge is 2.21. The Morgan fingerprint density at radius 3 is 1.96 bits per heavy atom. The Morgan fingerprint density at radius 2 is 1.32 bits per heavy atom. The molecule has 0 saturated carbocycles. The van der Waals surface area contributed by atoms with E-state index in [2.05, 4.69) is 35.4 Å². The van der Waals surface area contributed by atoms with Crippen LogP contribution in [0, 0.1) is 0 Å². The zero-order valence-corrected chi connectivity index (χ0v) is 28.2. The summed E-state index contributed by atoms with van der Waals surface area (Å²) in [6.45, 7) is 3.68. The number of carbonyl (C=O) groups excluding carboxylic acids is 2. The summed E-state index contributed by atoms with van der Waals surface area (Å²) in [5, 5.41) is 13.6. The fraction of sp³-hybridized carbons (Fsp3) is 0.314. The second-order valence-corrected chi connectivity index (χ2v) is 14.2. The van der Waals surface area contributed by atoms with Gasteiger partial charge in [0.1, 0.15) is 0 Å². The number of nitrogens with one attached hydrogen (secondary N) is 4. The van der Waals surface area contributed by atoms with Crippen molar-refractivity contribution in [2.24, 2.45) is 0 Å². The quantitative estimate of drug-likeness (QED) is 0.102. The first-order chi connectivity index (χ1) is 24.3. The van der Waals surface area contributed by atoms with Gasteiger partial charge in [-0.2, -0.15) is 20.1 Å². The van der Waals surface area contributed by atoms with E-state index in [1.807, 2.05) is 0 Å². The molecule has 2 saturated heterocycles. The largest absolute Gasteiger partial charge is 0.341 e. The van der Waals surface area contributed by atoms with Crippen molar-refractivity contribution in [2.75, 3.05) is 51.3 Å². The Bertz CT molecular complexity index is 2050. The molecule has 2 aliphatic rings. The Hall–Kier alpha value is -5.57. The number of nitrogens with zero attached hydrogens (tertiary/aromatic N) is 6. The first kappa shape index (κ1) is 33.0. The fourth-order valence-corrected chi connectivity index (χ4v) is 7.18. The molecule has 2 aliphatic heterocycles. The maximum absolute atomic E-state index is 13.0. The minimum atomic E-state index is -3.88. The number of amides is 1. The maximum Gasteiger partial charge on any atom is 0.261 e. The summed E-state index contributed by atoms with van der Waals surface area (Å²) in [7, 11) is -3.88. The zero-order valence-electron chi connectivity index (χ0n) is 27.4. The monoisotopic (exact) mass is 694 g/mol. The van der Waals surface area contributed by atoms with Crippen LogP contribution >= 0.6 is 0 Å². The van der Waals surface area contributed by atoms with Gasteiger partial charge < -0.3 is 20.4 Å². The standard InChI is InChI=1S/C35H38N10O4S/c46-31(22-32(47)37-26-13-15-29(16-14-26)50(48,49)43-28-12-9-25-23-36-42-30(25)21-28)24-7-10-27(11-8-24)38-33-39-34(44-17-3-1-4-18-44)41-35(40-33)45-19-5-2-6-20-45/h7-16,21,23,43H,1-6,17-20,22H2,(H,36,42)(H,37,47)(H,38,39,40,41). The fourth-order valence-electron chi connectivity index (χ4n) is 6.13. The molecule has 3 aromatic carbocycles. The summed E-state index contributed by atoms with van der Waals surface area (Å²) in [4.78, 5) is 44.4. The lowest BCUT2D eigenvalue weighted by Gasteiger charge is -2.30. The number of piperidine rings is 2. The van der Waals surface area contributed by atoms with Crippen LogP contribution in [-0.2, 0) is 14.8 Å². The van der Waals surface area contributed by atoms with Crippen LogP contribution in [0.2, 0.25) is 0 Å². The molecule has 0 unspecified atom stereocenters. The van der Waals surface area contributed by atoms with E-state index in [0.29, 0.717) is 46.0 Å². The van der Waals surface area contributed by atoms with Gasteiger partial charge in [0, 0.05) is 48.5 Å². The van der Waals surface area contributed by atoms with Crippen LogP contribution in [0.15, 0.2) is 77.8 Å². The normalized spacial score (nSPS) is 15.1. The molecule has 0 bridgehead atoms. The first-order valence-corrected chi connectivity index (χ1v) is 18.3. The van der Waals surface area contributed by atoms with E-state index in [1.165, 1.54) is 37.1 Å². The van der Waals surface area contributed by atoms with Crippen LogP contribution in [0.4, 0.5) is 34.9 Å². The van der Waals surface area contributed by atoms with Crippen LogP contribution in [-0.4, -0.2) is 71.4 Å². The number of carbonyl (C=O) groups is 2. The number of rotatable bonds is 11. The van der Waals surface area contributed by atoms with Crippen molar-refractivity contribution in [2.45, 2.75) is 49.8 Å². The Morgan fingerprint density at radius 1 is 0.720 bits per heavy atom. The van der Waals surface area contributed by atoms with E-state index in [9.17, 15) is 18.0 Å². The van der Waals surface area contributed by atoms with Crippen molar-refractivity contribution in [3.05, 3.63) is 78.5 Å². The molecule has 5 aromatic rings. The Labute approximate surface area is 289 Å². The minimum absolute atomic E-state index is 0.0209. The number of aromatic nitrogens is 5. The van der Waals surface area contributed by atoms with E-state index in [-0.39, 0.29) is 17.1 Å². The van der Waals surface area contributed by atoms with Gasteiger partial charge in [0.15, 0.2) is 5.78 Å². The number of sulfonamides is 1. The molecule has 1 amide bonds. The SMILES string of the molecule is O=C(CC(=O)c1ccc(Nc2nc(N3CCCCC3)nc(N3CCCCC3)n2)cc1)Nc1ccc(S(=O)(=O)Nc2ccc3cn[nH]c3c2)cc1. The highest BCUT2D eigenvalue weighted by atomic mass is 32.2. The summed E-state index contributed by atoms with van der Waals surface area (Å²) < 4.78 is 28.4. The number of Topliss-reactive ketones (excluding diaryl/α,β-unsaturated/α-hetero) is 1. The smallest absolute Gasteiger partial charge is 0.261 e. The third-order valence-electron chi connectivity index (χ3n) is 8.82. The summed E-state index contributed by atoms with van der Waals surface area (Å²) in [5.41, 5.74) is 2.54. The van der Waals surface area contributed by atoms with Crippen LogP contribution < -0.4 is 25.2 Å². The van der Waals surface area contributed by atoms with Crippen LogP contribution in [0.5, 0.6) is 0 Å². The molecule has 0 atom stereocenters. The average molecular weight is 695 g/mol. The zero-order chi connectivity index (χ0) is 34.5. The van der Waals surface area contributed by atoms with Gasteiger partial charge in [-0.1, -0.05) is 0 Å². The van der Waals surface area contributed by atoms with Gasteiger partial charge in [0.05, 0.1) is 28.7 Å². The lowest BCUT2D eigenvalue weighted by molar-refractivity contribution is -0.115. The Balaban J connectivity index is 0.955. The van der Waals surface area contributed by atoms with Gasteiger partial charge in [-0.3, -0.25) is 19.4 Å². The van der Waals surface area contributed by atoms with Crippen molar-refractivity contribution in [3.63, 3.8) is 0 Å². The summed E-state index contributed by atoms with van der Waals surface area (Å²) in [6.07, 6.45) is 8.14. The van der Waals surface area contributed by atoms with Crippen LogP contribution in [0.1, 0.15) is 55.3 Å². The molecule has 0 radical (unpaired) electrons. The van der Waals surface area contributed by atoms with Gasteiger partial charge in [-0.25, -0.2) is 8.42 Å². The number of anilines is 6. The van der Waals surface area contributed by atoms with Crippen molar-refractivity contribution in [1.29, 1.82) is 0 Å². The lowest BCUT2D eigenvalue weighted by Crippen LogP contribution is -2.34. The molecule has 4 heterocycles. The van der Waals surface area contributed by atoms with Gasteiger partial charge >= 0.3 is 0 Å². The van der Waals surface area contributed by atoms with Gasteiger partial charge in [-0.05, 0) is 105 Å². The number of H-pyrrole nitrogens is 1. The van der Waals surface area contributed by atoms with Crippen molar-refractivity contribution in [3.8, 4) is 0 Å². The average Bonchev–Trinajstić information content (AvgIpc) is 3.61. The van der Waals surface area contributed by atoms with E-state index in [4.69, 9.17) is 15.0 Å². The molecule has 258 valence electrons. The molecular weight excluding hydrogens is 657 g/mol. The highest BCUT2D eigenvalue weighted by molar-refractivity contribution is 7.92. The van der Waals surface area contributed by atoms with E-state index < -0.39 is 15.9 Å². The van der Waals surface area contributed by atoms with Crippen molar-refractivity contribution in [1.82, 2.24) is 25.1 Å². The third kappa shape index (κ3) is 7.83. The Kier molecular flexibility index (Phi) is 9.56. The summed E-state index contributed by atoms with van der Waals surface area (Å²) >= 11 is 0. The highest BCUT2D eigenvalue weighted by Crippen LogP contribution is 2.25. The number of benzene rings is 3. The predicted molar refractivity (Wildman–Crippen MR) is 193 cm³/mol. The van der Waals surface area contributed by atoms with E-state index in [0.717, 1.165) is 57.2 Å². The van der Waals surface area contributed by atoms with Crippen LogP contribution in [0.25, 0.3) is 10.9 Å². The summed E-state index contributed by atoms with van der Waals surface area (Å²) in [6, 6.07) is 17.6. The maximum atomic E-state index is 13.0. The summed E-state index contributed by atoms with van der Waals surface area (Å²) in [5.74, 6) is 0.935. The number of hydrogen-bond donors (Lipinski definition) is 4. The number of ketones is 1. The molecule has 7 rings (SSSR count). The van der Waals surface area contributed by atoms with Crippen molar-refractivity contribution >= 4 is 67.5 Å². The molecular formula is C35H38N10O4S. The second kappa shape index (κ2) is 14.5. The van der Waals surface area contributed by atoms with Gasteiger partial charge in [-0.15, -0.1) is 0 Å². The molecule has 14 nitrogen and oxygen atoms in total. The molecule has 50 heavy (non-hydrogen) atoms.